The van der Waals surface area contributed by atoms with Crippen molar-refractivity contribution in [1.82, 2.24) is 5.32 Å². The summed E-state index contributed by atoms with van der Waals surface area (Å²) in [5, 5.41) is 20.2. The van der Waals surface area contributed by atoms with Gasteiger partial charge in [-0.25, -0.2) is 4.79 Å². The van der Waals surface area contributed by atoms with E-state index in [0.717, 1.165) is 10.0 Å². The van der Waals surface area contributed by atoms with E-state index in [1.807, 2.05) is 24.3 Å². The molecule has 0 spiro atoms. The maximum atomic E-state index is 12.2. The first kappa shape index (κ1) is 14.0. The number of amides is 1. The number of carboxylic acid groups (broad SMARTS) is 1. The molecule has 1 amide bonds. The highest BCUT2D eigenvalue weighted by atomic mass is 79.9. The molecule has 1 unspecified atom stereocenters. The lowest BCUT2D eigenvalue weighted by Crippen LogP contribution is -2.47. The second-order valence-corrected chi connectivity index (χ2v) is 5.55. The van der Waals surface area contributed by atoms with E-state index in [4.69, 9.17) is 10.2 Å². The average Bonchev–Trinajstić information content (AvgIpc) is 3.17. The van der Waals surface area contributed by atoms with Crippen molar-refractivity contribution in [3.05, 3.63) is 34.3 Å². The third-order valence-electron chi connectivity index (χ3n) is 3.37. The lowest BCUT2D eigenvalue weighted by atomic mass is 9.95. The fourth-order valence-corrected chi connectivity index (χ4v) is 2.29. The molecule has 102 valence electrons. The first-order valence-corrected chi connectivity index (χ1v) is 6.69. The summed E-state index contributed by atoms with van der Waals surface area (Å²) in [5.74, 6) is -1.57. The van der Waals surface area contributed by atoms with Gasteiger partial charge < -0.3 is 15.5 Å². The number of carbonyl (C=O) groups excluding carboxylic acids is 1. The van der Waals surface area contributed by atoms with Crippen LogP contribution < -0.4 is 5.32 Å². The van der Waals surface area contributed by atoms with E-state index in [1.165, 1.54) is 0 Å². The van der Waals surface area contributed by atoms with Gasteiger partial charge in [0, 0.05) is 4.47 Å². The normalized spacial score (nSPS) is 17.6. The molecule has 3 N–H and O–H groups in total. The predicted octanol–water partition coefficient (Wildman–Crippen LogP) is 1.04. The van der Waals surface area contributed by atoms with E-state index >= 15 is 0 Å². The minimum atomic E-state index is -1.25. The van der Waals surface area contributed by atoms with Gasteiger partial charge in [-0.15, -0.1) is 0 Å². The number of carboxylic acids is 1. The molecule has 0 radical (unpaired) electrons. The Hall–Kier alpha value is -1.40. The van der Waals surface area contributed by atoms with Crippen LogP contribution >= 0.6 is 15.9 Å². The summed E-state index contributed by atoms with van der Waals surface area (Å²) in [6.07, 6.45) is 1.39. The van der Waals surface area contributed by atoms with Crippen molar-refractivity contribution < 1.29 is 19.8 Å². The molecular formula is C13H14BrNO4. The molecule has 2 rings (SSSR count). The molecule has 1 aromatic carbocycles. The van der Waals surface area contributed by atoms with Gasteiger partial charge in [0.2, 0.25) is 5.91 Å². The molecule has 1 aliphatic rings. The largest absolute Gasteiger partial charge is 0.480 e. The summed E-state index contributed by atoms with van der Waals surface area (Å²) in [6, 6.07) is 6.16. The summed E-state index contributed by atoms with van der Waals surface area (Å²) in [7, 11) is 0. The number of nitrogens with one attached hydrogen (secondary N) is 1. The van der Waals surface area contributed by atoms with Crippen molar-refractivity contribution in [3.8, 4) is 0 Å². The number of halogens is 1. The van der Waals surface area contributed by atoms with E-state index in [0.29, 0.717) is 12.8 Å². The standard InChI is InChI=1S/C13H14BrNO4/c14-9-3-1-8(2-4-9)13(5-6-13)12(19)15-10(7-16)11(17)18/h1-4,10,16H,5-7H2,(H,15,19)(H,17,18). The Labute approximate surface area is 118 Å². The molecule has 1 fully saturated rings. The zero-order chi connectivity index (χ0) is 14.0. The van der Waals surface area contributed by atoms with Crippen LogP contribution in [0.2, 0.25) is 0 Å². The molecule has 0 saturated heterocycles. The van der Waals surface area contributed by atoms with E-state index in [1.54, 1.807) is 0 Å². The Morgan fingerprint density at radius 1 is 1.32 bits per heavy atom. The van der Waals surface area contributed by atoms with Crippen molar-refractivity contribution >= 4 is 27.8 Å². The number of hydrogen-bond donors (Lipinski definition) is 3. The Balaban J connectivity index is 2.14. The van der Waals surface area contributed by atoms with Crippen molar-refractivity contribution in [2.24, 2.45) is 0 Å². The number of aliphatic hydroxyl groups excluding tert-OH is 1. The van der Waals surface area contributed by atoms with Gasteiger partial charge in [-0.1, -0.05) is 28.1 Å². The molecule has 0 bridgehead atoms. The second-order valence-electron chi connectivity index (χ2n) is 4.64. The average molecular weight is 328 g/mol. The topological polar surface area (TPSA) is 86.6 Å². The van der Waals surface area contributed by atoms with Crippen molar-refractivity contribution in [1.29, 1.82) is 0 Å². The van der Waals surface area contributed by atoms with Crippen molar-refractivity contribution in [3.63, 3.8) is 0 Å². The predicted molar refractivity (Wildman–Crippen MR) is 71.7 cm³/mol. The Morgan fingerprint density at radius 3 is 2.32 bits per heavy atom. The zero-order valence-corrected chi connectivity index (χ0v) is 11.7. The maximum Gasteiger partial charge on any atom is 0.328 e. The first-order valence-electron chi connectivity index (χ1n) is 5.90. The van der Waals surface area contributed by atoms with Gasteiger partial charge in [-0.3, -0.25) is 4.79 Å². The van der Waals surface area contributed by atoms with E-state index in [2.05, 4.69) is 21.2 Å². The summed E-state index contributed by atoms with van der Waals surface area (Å²) in [4.78, 5) is 23.0. The third-order valence-corrected chi connectivity index (χ3v) is 3.90. The van der Waals surface area contributed by atoms with Crippen molar-refractivity contribution in [2.45, 2.75) is 24.3 Å². The van der Waals surface area contributed by atoms with Gasteiger partial charge in [-0.05, 0) is 30.5 Å². The molecule has 5 nitrogen and oxygen atoms in total. The number of rotatable bonds is 5. The fourth-order valence-electron chi connectivity index (χ4n) is 2.02. The molecular weight excluding hydrogens is 314 g/mol. The quantitative estimate of drug-likeness (QED) is 0.754. The van der Waals surface area contributed by atoms with Crippen molar-refractivity contribution in [2.75, 3.05) is 6.61 Å². The van der Waals surface area contributed by atoms with Crippen LogP contribution in [-0.2, 0) is 15.0 Å². The highest BCUT2D eigenvalue weighted by Gasteiger charge is 2.51. The first-order chi connectivity index (χ1) is 8.99. The van der Waals surface area contributed by atoms with Crippen LogP contribution in [0.3, 0.4) is 0 Å². The van der Waals surface area contributed by atoms with Crippen LogP contribution in [0.1, 0.15) is 18.4 Å². The minimum absolute atomic E-state index is 0.337. The number of carbonyl (C=O) groups is 2. The third kappa shape index (κ3) is 2.79. The molecule has 1 saturated carbocycles. The van der Waals surface area contributed by atoms with Crippen LogP contribution in [0.25, 0.3) is 0 Å². The molecule has 0 aliphatic heterocycles. The SMILES string of the molecule is O=C(O)C(CO)NC(=O)C1(c2ccc(Br)cc2)CC1. The smallest absolute Gasteiger partial charge is 0.328 e. The Bertz CT molecular complexity index is 496. The number of benzene rings is 1. The highest BCUT2D eigenvalue weighted by Crippen LogP contribution is 2.48. The van der Waals surface area contributed by atoms with Crippen LogP contribution in [-0.4, -0.2) is 34.7 Å². The summed E-state index contributed by atoms with van der Waals surface area (Å²) >= 11 is 3.33. The molecule has 19 heavy (non-hydrogen) atoms. The zero-order valence-electron chi connectivity index (χ0n) is 10.1. The monoisotopic (exact) mass is 327 g/mol. The summed E-state index contributed by atoms with van der Waals surface area (Å²) in [6.45, 7) is -0.614. The van der Waals surface area contributed by atoms with Gasteiger partial charge in [-0.2, -0.15) is 0 Å². The highest BCUT2D eigenvalue weighted by molar-refractivity contribution is 9.10. The molecule has 1 aromatic rings. The Kier molecular flexibility index (Phi) is 3.91. The molecule has 0 aromatic heterocycles. The number of aliphatic carboxylic acids is 1. The van der Waals surface area contributed by atoms with E-state index in [-0.39, 0.29) is 5.91 Å². The minimum Gasteiger partial charge on any atom is -0.480 e. The van der Waals surface area contributed by atoms with Gasteiger partial charge in [0.25, 0.3) is 0 Å². The van der Waals surface area contributed by atoms with Gasteiger partial charge in [0.1, 0.15) is 6.04 Å². The van der Waals surface area contributed by atoms with Gasteiger partial charge in [0.05, 0.1) is 12.0 Å². The molecule has 0 heterocycles. The lowest BCUT2D eigenvalue weighted by Gasteiger charge is -2.19. The van der Waals surface area contributed by atoms with Crippen LogP contribution in [0.4, 0.5) is 0 Å². The maximum absolute atomic E-state index is 12.2. The number of aliphatic hydroxyl groups is 1. The van der Waals surface area contributed by atoms with Gasteiger partial charge >= 0.3 is 5.97 Å². The van der Waals surface area contributed by atoms with Crippen LogP contribution in [0, 0.1) is 0 Å². The molecule has 1 aliphatic carbocycles. The van der Waals surface area contributed by atoms with Gasteiger partial charge in [0.15, 0.2) is 0 Å². The van der Waals surface area contributed by atoms with Crippen LogP contribution in [0.15, 0.2) is 28.7 Å². The Morgan fingerprint density at radius 2 is 1.89 bits per heavy atom. The second kappa shape index (κ2) is 5.30. The lowest BCUT2D eigenvalue weighted by molar-refractivity contribution is -0.143. The fraction of sp³-hybridized carbons (Fsp3) is 0.385. The van der Waals surface area contributed by atoms with E-state index < -0.39 is 24.0 Å². The van der Waals surface area contributed by atoms with E-state index in [9.17, 15) is 9.59 Å². The molecule has 1 atom stereocenters. The summed E-state index contributed by atoms with van der Waals surface area (Å²) in [5.41, 5.74) is 0.235. The molecule has 6 heteroatoms. The summed E-state index contributed by atoms with van der Waals surface area (Å²) < 4.78 is 0.922. The number of hydrogen-bond acceptors (Lipinski definition) is 3. The van der Waals surface area contributed by atoms with Crippen LogP contribution in [0.5, 0.6) is 0 Å².